The van der Waals surface area contributed by atoms with Gasteiger partial charge in [0.15, 0.2) is 0 Å². The highest BCUT2D eigenvalue weighted by molar-refractivity contribution is 9.10. The Kier molecular flexibility index (Phi) is 4.10. The first-order valence-electron chi connectivity index (χ1n) is 6.67. The van der Waals surface area contributed by atoms with E-state index >= 15 is 0 Å². The summed E-state index contributed by atoms with van der Waals surface area (Å²) in [6, 6.07) is 5.37. The van der Waals surface area contributed by atoms with E-state index in [-0.39, 0.29) is 5.91 Å². The van der Waals surface area contributed by atoms with E-state index in [1.165, 1.54) is 0 Å². The number of carbonyl (C=O) groups excluding carboxylic acids is 1. The SMILES string of the molecule is O=C(c1ccccn1)N1CCN(c2ncc(Br)cn2)CC1. The normalized spacial score (nSPS) is 15.1. The highest BCUT2D eigenvalue weighted by Gasteiger charge is 2.23. The van der Waals surface area contributed by atoms with Crippen molar-refractivity contribution in [2.45, 2.75) is 0 Å². The van der Waals surface area contributed by atoms with E-state index in [4.69, 9.17) is 0 Å². The van der Waals surface area contributed by atoms with Gasteiger partial charge in [0.25, 0.3) is 5.91 Å². The molecule has 2 aromatic heterocycles. The third kappa shape index (κ3) is 3.18. The summed E-state index contributed by atoms with van der Waals surface area (Å²) in [5, 5.41) is 0. The maximum absolute atomic E-state index is 12.3. The third-order valence-electron chi connectivity index (χ3n) is 3.34. The zero-order valence-corrected chi connectivity index (χ0v) is 12.9. The molecule has 3 heterocycles. The summed E-state index contributed by atoms with van der Waals surface area (Å²) < 4.78 is 0.857. The van der Waals surface area contributed by atoms with Crippen LogP contribution < -0.4 is 4.90 Å². The maximum atomic E-state index is 12.3. The number of rotatable bonds is 2. The minimum absolute atomic E-state index is 0.0213. The Balaban J connectivity index is 1.63. The average molecular weight is 348 g/mol. The summed E-state index contributed by atoms with van der Waals surface area (Å²) in [5.41, 5.74) is 0.492. The molecule has 108 valence electrons. The Morgan fingerprint density at radius 1 is 1.05 bits per heavy atom. The molecule has 0 saturated carbocycles. The van der Waals surface area contributed by atoms with Gasteiger partial charge in [-0.1, -0.05) is 6.07 Å². The molecule has 1 saturated heterocycles. The molecule has 3 rings (SSSR count). The number of hydrogen-bond acceptors (Lipinski definition) is 5. The molecule has 0 radical (unpaired) electrons. The van der Waals surface area contributed by atoms with Crippen LogP contribution in [0.25, 0.3) is 0 Å². The van der Waals surface area contributed by atoms with Crippen molar-refractivity contribution in [3.63, 3.8) is 0 Å². The average Bonchev–Trinajstić information content (AvgIpc) is 2.56. The summed E-state index contributed by atoms with van der Waals surface area (Å²) in [4.78, 5) is 28.9. The molecule has 21 heavy (non-hydrogen) atoms. The predicted molar refractivity (Wildman–Crippen MR) is 82.1 cm³/mol. The summed E-state index contributed by atoms with van der Waals surface area (Å²) in [5.74, 6) is 0.676. The quantitative estimate of drug-likeness (QED) is 0.825. The zero-order chi connectivity index (χ0) is 14.7. The monoisotopic (exact) mass is 347 g/mol. The second-order valence-electron chi connectivity index (χ2n) is 4.70. The smallest absolute Gasteiger partial charge is 0.272 e. The molecule has 0 aromatic carbocycles. The van der Waals surface area contributed by atoms with Crippen molar-refractivity contribution >= 4 is 27.8 Å². The Morgan fingerprint density at radius 2 is 1.76 bits per heavy atom. The summed E-state index contributed by atoms with van der Waals surface area (Å²) in [6.45, 7) is 2.74. The lowest BCUT2D eigenvalue weighted by Crippen LogP contribution is -2.49. The van der Waals surface area contributed by atoms with Crippen molar-refractivity contribution in [3.05, 3.63) is 47.0 Å². The van der Waals surface area contributed by atoms with Crippen molar-refractivity contribution < 1.29 is 4.79 Å². The number of anilines is 1. The van der Waals surface area contributed by atoms with E-state index in [0.717, 1.165) is 17.6 Å². The lowest BCUT2D eigenvalue weighted by Gasteiger charge is -2.34. The van der Waals surface area contributed by atoms with Crippen LogP contribution in [0.4, 0.5) is 5.95 Å². The molecule has 1 amide bonds. The van der Waals surface area contributed by atoms with Crippen LogP contribution in [0.5, 0.6) is 0 Å². The largest absolute Gasteiger partial charge is 0.337 e. The first-order valence-corrected chi connectivity index (χ1v) is 7.46. The highest BCUT2D eigenvalue weighted by Crippen LogP contribution is 2.14. The Morgan fingerprint density at radius 3 is 2.38 bits per heavy atom. The molecule has 0 bridgehead atoms. The van der Waals surface area contributed by atoms with Gasteiger partial charge < -0.3 is 9.80 Å². The van der Waals surface area contributed by atoms with Crippen LogP contribution in [-0.2, 0) is 0 Å². The van der Waals surface area contributed by atoms with Gasteiger partial charge in [0.1, 0.15) is 5.69 Å². The molecule has 1 aliphatic rings. The van der Waals surface area contributed by atoms with E-state index in [0.29, 0.717) is 24.7 Å². The number of aromatic nitrogens is 3. The molecule has 1 aliphatic heterocycles. The standard InChI is InChI=1S/C14H14BrN5O/c15-11-9-17-14(18-10-11)20-7-5-19(6-8-20)13(21)12-3-1-2-4-16-12/h1-4,9-10H,5-8H2. The van der Waals surface area contributed by atoms with Gasteiger partial charge in [0.05, 0.1) is 4.47 Å². The van der Waals surface area contributed by atoms with Gasteiger partial charge >= 0.3 is 0 Å². The van der Waals surface area contributed by atoms with Gasteiger partial charge in [0.2, 0.25) is 5.95 Å². The number of hydrogen-bond donors (Lipinski definition) is 0. The summed E-state index contributed by atoms with van der Waals surface area (Å²) >= 11 is 3.32. The molecule has 0 N–H and O–H groups in total. The van der Waals surface area contributed by atoms with Gasteiger partial charge in [0, 0.05) is 44.8 Å². The van der Waals surface area contributed by atoms with Crippen LogP contribution in [-0.4, -0.2) is 51.9 Å². The minimum atomic E-state index is -0.0213. The number of halogens is 1. The van der Waals surface area contributed by atoms with Gasteiger partial charge in [-0.2, -0.15) is 0 Å². The lowest BCUT2D eigenvalue weighted by molar-refractivity contribution is 0.0740. The lowest BCUT2D eigenvalue weighted by atomic mass is 10.2. The molecule has 0 unspecified atom stereocenters. The second kappa shape index (κ2) is 6.17. The molecule has 0 spiro atoms. The van der Waals surface area contributed by atoms with E-state index in [2.05, 4.69) is 35.8 Å². The van der Waals surface area contributed by atoms with Crippen molar-refractivity contribution in [2.75, 3.05) is 31.1 Å². The van der Waals surface area contributed by atoms with E-state index < -0.39 is 0 Å². The van der Waals surface area contributed by atoms with Crippen LogP contribution in [0.2, 0.25) is 0 Å². The van der Waals surface area contributed by atoms with E-state index in [9.17, 15) is 4.79 Å². The molecular formula is C14H14BrN5O. The predicted octanol–water partition coefficient (Wildman–Crippen LogP) is 1.60. The Labute approximate surface area is 131 Å². The van der Waals surface area contributed by atoms with Crippen LogP contribution in [0, 0.1) is 0 Å². The third-order valence-corrected chi connectivity index (χ3v) is 3.75. The fraction of sp³-hybridized carbons (Fsp3) is 0.286. The van der Waals surface area contributed by atoms with Crippen LogP contribution in [0.3, 0.4) is 0 Å². The fourth-order valence-electron chi connectivity index (χ4n) is 2.23. The van der Waals surface area contributed by atoms with Crippen LogP contribution in [0.15, 0.2) is 41.3 Å². The summed E-state index contributed by atoms with van der Waals surface area (Å²) in [7, 11) is 0. The highest BCUT2D eigenvalue weighted by atomic mass is 79.9. The molecular weight excluding hydrogens is 334 g/mol. The molecule has 0 atom stereocenters. The van der Waals surface area contributed by atoms with Crippen molar-refractivity contribution in [1.29, 1.82) is 0 Å². The van der Waals surface area contributed by atoms with Gasteiger partial charge in [-0.25, -0.2) is 9.97 Å². The number of nitrogens with zero attached hydrogens (tertiary/aromatic N) is 5. The number of carbonyl (C=O) groups is 1. The first kappa shape index (κ1) is 13.9. The van der Waals surface area contributed by atoms with Crippen molar-refractivity contribution in [3.8, 4) is 0 Å². The molecule has 7 heteroatoms. The number of pyridine rings is 1. The van der Waals surface area contributed by atoms with Gasteiger partial charge in [-0.3, -0.25) is 9.78 Å². The first-order chi connectivity index (χ1) is 10.2. The van der Waals surface area contributed by atoms with Gasteiger partial charge in [-0.15, -0.1) is 0 Å². The van der Waals surface area contributed by atoms with E-state index in [1.807, 2.05) is 11.0 Å². The van der Waals surface area contributed by atoms with Gasteiger partial charge in [-0.05, 0) is 28.1 Å². The number of piperazine rings is 1. The maximum Gasteiger partial charge on any atom is 0.272 e. The molecule has 1 fully saturated rings. The Bertz CT molecular complexity index is 611. The summed E-state index contributed by atoms with van der Waals surface area (Å²) in [6.07, 6.45) is 5.10. The minimum Gasteiger partial charge on any atom is -0.337 e. The molecule has 2 aromatic rings. The fourth-order valence-corrected chi connectivity index (χ4v) is 2.43. The Hall–Kier alpha value is -2.02. The van der Waals surface area contributed by atoms with Crippen LogP contribution in [0.1, 0.15) is 10.5 Å². The zero-order valence-electron chi connectivity index (χ0n) is 11.3. The second-order valence-corrected chi connectivity index (χ2v) is 5.61. The molecule has 6 nitrogen and oxygen atoms in total. The van der Waals surface area contributed by atoms with E-state index in [1.54, 1.807) is 30.7 Å². The number of amides is 1. The topological polar surface area (TPSA) is 62.2 Å². The molecule has 0 aliphatic carbocycles. The van der Waals surface area contributed by atoms with Crippen molar-refractivity contribution in [1.82, 2.24) is 19.9 Å². The van der Waals surface area contributed by atoms with Crippen molar-refractivity contribution in [2.24, 2.45) is 0 Å². The van der Waals surface area contributed by atoms with Crippen LogP contribution >= 0.6 is 15.9 Å².